The van der Waals surface area contributed by atoms with Gasteiger partial charge in [-0.2, -0.15) is 0 Å². The lowest BCUT2D eigenvalue weighted by Gasteiger charge is -2.11. The van der Waals surface area contributed by atoms with E-state index in [1.165, 1.54) is 0 Å². The Morgan fingerprint density at radius 1 is 0.542 bits per heavy atom. The number of allylic oxidation sites excluding steroid dienone is 5. The molecule has 0 fully saturated rings. The molecular weight excluding hydrogens is 589 g/mol. The van der Waals surface area contributed by atoms with Gasteiger partial charge in [-0.25, -0.2) is 19.9 Å². The van der Waals surface area contributed by atoms with Crippen molar-refractivity contribution in [3.63, 3.8) is 0 Å². The number of fused-ring (bicyclic) bond motifs is 5. The topological polar surface area (TPSA) is 64.7 Å². The van der Waals surface area contributed by atoms with Gasteiger partial charge in [-0.1, -0.05) is 140 Å². The lowest BCUT2D eigenvalue weighted by atomic mass is 9.98. The average molecular weight is 619 g/mol. The fourth-order valence-electron chi connectivity index (χ4n) is 6.04. The summed E-state index contributed by atoms with van der Waals surface area (Å²) in [6.07, 6.45) is 10.2. The summed E-state index contributed by atoms with van der Waals surface area (Å²) in [5, 5.41) is 2.99. The molecule has 228 valence electrons. The highest BCUT2D eigenvalue weighted by molar-refractivity contribution is 6.19. The molecule has 3 aromatic heterocycles. The molecule has 0 N–H and O–H groups in total. The molecule has 0 saturated heterocycles. The first-order valence-electron chi connectivity index (χ1n) is 15.9. The second-order valence-corrected chi connectivity index (χ2v) is 11.5. The number of furan rings is 1. The molecule has 0 amide bonds. The number of pyridine rings is 1. The van der Waals surface area contributed by atoms with E-state index < -0.39 is 0 Å². The zero-order chi connectivity index (χ0) is 32.3. The first kappa shape index (κ1) is 29.0. The molecular formula is C43H30N4O. The predicted molar refractivity (Wildman–Crippen MR) is 196 cm³/mol. The molecule has 0 bridgehead atoms. The van der Waals surface area contributed by atoms with Gasteiger partial charge >= 0.3 is 0 Å². The number of rotatable bonds is 8. The second kappa shape index (κ2) is 12.7. The van der Waals surface area contributed by atoms with Crippen molar-refractivity contribution in [3.8, 4) is 45.2 Å². The van der Waals surface area contributed by atoms with Crippen LogP contribution in [0.4, 0.5) is 0 Å². The van der Waals surface area contributed by atoms with Crippen LogP contribution in [0, 0.1) is 0 Å². The van der Waals surface area contributed by atoms with Crippen molar-refractivity contribution in [2.45, 2.75) is 6.42 Å². The minimum atomic E-state index is 0.565. The normalized spacial score (nSPS) is 11.8. The quantitative estimate of drug-likeness (QED) is 0.159. The molecule has 48 heavy (non-hydrogen) atoms. The van der Waals surface area contributed by atoms with E-state index in [9.17, 15) is 0 Å². The van der Waals surface area contributed by atoms with Crippen LogP contribution >= 0.6 is 0 Å². The molecule has 0 unspecified atom stereocenters. The fourth-order valence-corrected chi connectivity index (χ4v) is 6.04. The molecule has 5 nitrogen and oxygen atoms in total. The number of benzene rings is 5. The first-order valence-corrected chi connectivity index (χ1v) is 15.9. The number of para-hydroxylation sites is 1. The highest BCUT2D eigenvalue weighted by Gasteiger charge is 2.19. The zero-order valence-electron chi connectivity index (χ0n) is 26.1. The summed E-state index contributed by atoms with van der Waals surface area (Å²) in [7, 11) is 0. The van der Waals surface area contributed by atoms with E-state index in [2.05, 4.69) is 67.2 Å². The molecule has 0 aliphatic carbocycles. The maximum atomic E-state index is 6.59. The third kappa shape index (κ3) is 5.59. The molecule has 8 rings (SSSR count). The van der Waals surface area contributed by atoms with Gasteiger partial charge in [0.15, 0.2) is 11.6 Å². The zero-order valence-corrected chi connectivity index (χ0v) is 26.1. The van der Waals surface area contributed by atoms with Crippen molar-refractivity contribution in [2.75, 3.05) is 0 Å². The Labute approximate surface area is 278 Å². The summed E-state index contributed by atoms with van der Waals surface area (Å²) in [5.74, 6) is 1.93. The van der Waals surface area contributed by atoms with E-state index in [-0.39, 0.29) is 0 Å². The molecule has 3 heterocycles. The predicted octanol–water partition coefficient (Wildman–Crippen LogP) is 10.8. The van der Waals surface area contributed by atoms with Gasteiger partial charge in [0.2, 0.25) is 0 Å². The Bertz CT molecular complexity index is 2500. The summed E-state index contributed by atoms with van der Waals surface area (Å²) in [5.41, 5.74) is 8.41. The smallest absolute Gasteiger partial charge is 0.163 e. The van der Waals surface area contributed by atoms with Gasteiger partial charge in [-0.05, 0) is 35.4 Å². The van der Waals surface area contributed by atoms with Crippen LogP contribution in [0.2, 0.25) is 0 Å². The maximum Gasteiger partial charge on any atom is 0.163 e. The van der Waals surface area contributed by atoms with Crippen molar-refractivity contribution in [3.05, 3.63) is 170 Å². The standard InChI is InChI=1S/C43H30N4O/c1-2-3-4-5-12-24-38-45-42(30-18-10-7-11-19-30)47-43(46-38)33-21-15-20-32(27-33)40-39-34-22-13-14-23-37(34)48-41(39)35-28-31(25-26-36(35)44-40)29-16-8-6-9-17-29/h2-23,25-28H,1,24H2/b4-3-,12-5-. The largest absolute Gasteiger partial charge is 0.455 e. The summed E-state index contributed by atoms with van der Waals surface area (Å²) in [6.45, 7) is 3.73. The van der Waals surface area contributed by atoms with E-state index in [0.29, 0.717) is 23.9 Å². The van der Waals surface area contributed by atoms with Crippen LogP contribution in [0.5, 0.6) is 0 Å². The minimum Gasteiger partial charge on any atom is -0.455 e. The SMILES string of the molecule is C=C/C=C\C=C/Cc1nc(-c2ccccc2)nc(-c2cccc(-c3nc4ccc(-c5ccccc5)cc4c4oc5ccccc5c34)c2)n1. The molecule has 5 aromatic carbocycles. The van der Waals surface area contributed by atoms with E-state index in [4.69, 9.17) is 24.4 Å². The summed E-state index contributed by atoms with van der Waals surface area (Å²) >= 11 is 0. The van der Waals surface area contributed by atoms with Crippen LogP contribution in [-0.4, -0.2) is 19.9 Å². The third-order valence-electron chi connectivity index (χ3n) is 8.32. The lowest BCUT2D eigenvalue weighted by molar-refractivity contribution is 0.672. The number of hydrogen-bond donors (Lipinski definition) is 0. The Balaban J connectivity index is 1.29. The lowest BCUT2D eigenvalue weighted by Crippen LogP contribution is -2.02. The van der Waals surface area contributed by atoms with Crippen molar-refractivity contribution in [2.24, 2.45) is 0 Å². The van der Waals surface area contributed by atoms with Crippen molar-refractivity contribution in [1.29, 1.82) is 0 Å². The average Bonchev–Trinajstić information content (AvgIpc) is 3.55. The van der Waals surface area contributed by atoms with Gasteiger partial charge in [0.05, 0.1) is 16.6 Å². The molecule has 0 radical (unpaired) electrons. The van der Waals surface area contributed by atoms with E-state index in [1.54, 1.807) is 6.08 Å². The van der Waals surface area contributed by atoms with Gasteiger partial charge < -0.3 is 4.42 Å². The fraction of sp³-hybridized carbons (Fsp3) is 0.0233. The molecule has 0 aliphatic heterocycles. The molecule has 8 aromatic rings. The van der Waals surface area contributed by atoms with Gasteiger partial charge in [0.25, 0.3) is 0 Å². The second-order valence-electron chi connectivity index (χ2n) is 11.5. The van der Waals surface area contributed by atoms with Gasteiger partial charge in [0.1, 0.15) is 17.0 Å². The first-order chi connectivity index (χ1) is 23.7. The Kier molecular flexibility index (Phi) is 7.69. The van der Waals surface area contributed by atoms with Crippen LogP contribution in [0.1, 0.15) is 5.82 Å². The van der Waals surface area contributed by atoms with Crippen LogP contribution in [0.15, 0.2) is 169 Å². The maximum absolute atomic E-state index is 6.59. The number of aromatic nitrogens is 4. The Morgan fingerprint density at radius 2 is 1.25 bits per heavy atom. The third-order valence-corrected chi connectivity index (χ3v) is 8.32. The highest BCUT2D eigenvalue weighted by Crippen LogP contribution is 2.41. The highest BCUT2D eigenvalue weighted by atomic mass is 16.3. The van der Waals surface area contributed by atoms with Crippen LogP contribution in [0.25, 0.3) is 78.0 Å². The van der Waals surface area contributed by atoms with E-state index >= 15 is 0 Å². The minimum absolute atomic E-state index is 0.565. The van der Waals surface area contributed by atoms with Crippen LogP contribution < -0.4 is 0 Å². The number of hydrogen-bond acceptors (Lipinski definition) is 5. The Hall–Kier alpha value is -6.46. The van der Waals surface area contributed by atoms with E-state index in [0.717, 1.165) is 66.4 Å². The van der Waals surface area contributed by atoms with Crippen molar-refractivity contribution in [1.82, 2.24) is 19.9 Å². The van der Waals surface area contributed by atoms with Gasteiger partial charge in [0, 0.05) is 33.9 Å². The van der Waals surface area contributed by atoms with E-state index in [1.807, 2.05) is 91.0 Å². The van der Waals surface area contributed by atoms with Crippen LogP contribution in [-0.2, 0) is 6.42 Å². The van der Waals surface area contributed by atoms with Gasteiger partial charge in [-0.15, -0.1) is 0 Å². The molecule has 0 atom stereocenters. The molecule has 0 spiro atoms. The molecule has 5 heteroatoms. The van der Waals surface area contributed by atoms with Gasteiger partial charge in [-0.3, -0.25) is 0 Å². The monoisotopic (exact) mass is 618 g/mol. The summed E-state index contributed by atoms with van der Waals surface area (Å²) in [6, 6.07) is 43.2. The van der Waals surface area contributed by atoms with Crippen molar-refractivity contribution >= 4 is 32.8 Å². The number of nitrogens with zero attached hydrogens (tertiary/aromatic N) is 4. The van der Waals surface area contributed by atoms with Crippen LogP contribution in [0.3, 0.4) is 0 Å². The molecule has 0 aliphatic rings. The summed E-state index contributed by atoms with van der Waals surface area (Å²) < 4.78 is 6.59. The Morgan fingerprint density at radius 3 is 2.06 bits per heavy atom. The van der Waals surface area contributed by atoms with Crippen molar-refractivity contribution < 1.29 is 4.42 Å². The summed E-state index contributed by atoms with van der Waals surface area (Å²) in [4.78, 5) is 20.0. The molecule has 0 saturated carbocycles.